The van der Waals surface area contributed by atoms with E-state index in [9.17, 15) is 13.2 Å². The van der Waals surface area contributed by atoms with E-state index in [2.05, 4.69) is 23.5 Å². The number of rotatable bonds is 5. The number of hydrogen-bond donors (Lipinski definition) is 1. The van der Waals surface area contributed by atoms with Crippen LogP contribution in [0.4, 0.5) is 5.69 Å². The van der Waals surface area contributed by atoms with Gasteiger partial charge in [0.25, 0.3) is 0 Å². The van der Waals surface area contributed by atoms with Crippen LogP contribution in [-0.4, -0.2) is 31.7 Å². The van der Waals surface area contributed by atoms with Gasteiger partial charge in [-0.2, -0.15) is 0 Å². The van der Waals surface area contributed by atoms with Crippen molar-refractivity contribution >= 4 is 55.6 Å². The molecule has 172 valence electrons. The lowest BCUT2D eigenvalue weighted by molar-refractivity contribution is -0.120. The standard InChI is InChI=1S/C25H24Cl2N2O3S/c26-21-5-2-6-22(27)20(21)15-33(31,32)29-13-11-18(12-14-29)25(30)28-23-10-9-17-8-7-16-3-1-4-19(23)24(16)17/h1-6,9-10,18H,7-8,11-15H2,(H,28,30). The van der Waals surface area contributed by atoms with E-state index in [-0.39, 0.29) is 17.6 Å². The van der Waals surface area contributed by atoms with E-state index in [4.69, 9.17) is 23.2 Å². The lowest BCUT2D eigenvalue weighted by Crippen LogP contribution is -2.42. The maximum Gasteiger partial charge on any atom is 0.227 e. The monoisotopic (exact) mass is 502 g/mol. The fourth-order valence-electron chi connectivity index (χ4n) is 4.93. The fourth-order valence-corrected chi connectivity index (χ4v) is 7.25. The van der Waals surface area contributed by atoms with Crippen molar-refractivity contribution in [2.24, 2.45) is 5.92 Å². The highest BCUT2D eigenvalue weighted by Gasteiger charge is 2.32. The molecule has 0 radical (unpaired) electrons. The van der Waals surface area contributed by atoms with Gasteiger partial charge in [-0.15, -0.1) is 0 Å². The van der Waals surface area contributed by atoms with Crippen LogP contribution < -0.4 is 5.32 Å². The van der Waals surface area contributed by atoms with Gasteiger partial charge in [0.1, 0.15) is 0 Å². The average Bonchev–Trinajstić information content (AvgIpc) is 3.23. The molecule has 0 spiro atoms. The average molecular weight is 503 g/mol. The number of sulfonamides is 1. The molecule has 3 aromatic carbocycles. The first-order chi connectivity index (χ1) is 15.8. The molecule has 8 heteroatoms. The van der Waals surface area contributed by atoms with Gasteiger partial charge in [0, 0.05) is 45.7 Å². The lowest BCUT2D eigenvalue weighted by atomic mass is 9.96. The van der Waals surface area contributed by atoms with Gasteiger partial charge in [-0.1, -0.05) is 53.5 Å². The zero-order valence-electron chi connectivity index (χ0n) is 18.0. The number of hydrogen-bond acceptors (Lipinski definition) is 3. The molecule has 1 amide bonds. The minimum absolute atomic E-state index is 0.0557. The second-order valence-corrected chi connectivity index (χ2v) is 11.5. The van der Waals surface area contributed by atoms with E-state index < -0.39 is 10.0 Å². The largest absolute Gasteiger partial charge is 0.325 e. The van der Waals surface area contributed by atoms with E-state index in [1.165, 1.54) is 20.8 Å². The molecule has 1 heterocycles. The third-order valence-corrected chi connectivity index (χ3v) is 9.25. The Morgan fingerprint density at radius 3 is 2.27 bits per heavy atom. The highest BCUT2D eigenvalue weighted by atomic mass is 35.5. The first-order valence-corrected chi connectivity index (χ1v) is 13.4. The highest BCUT2D eigenvalue weighted by Crippen LogP contribution is 2.35. The Hall–Kier alpha value is -2.12. The van der Waals surface area contributed by atoms with E-state index in [1.807, 2.05) is 12.1 Å². The van der Waals surface area contributed by atoms with Crippen molar-refractivity contribution in [2.45, 2.75) is 31.4 Å². The van der Waals surface area contributed by atoms with Crippen LogP contribution in [0.25, 0.3) is 10.8 Å². The fraction of sp³-hybridized carbons (Fsp3) is 0.320. The van der Waals surface area contributed by atoms with Gasteiger partial charge in [0.2, 0.25) is 15.9 Å². The van der Waals surface area contributed by atoms with Crippen LogP contribution in [0.5, 0.6) is 0 Å². The van der Waals surface area contributed by atoms with Crippen LogP contribution in [0.3, 0.4) is 0 Å². The summed E-state index contributed by atoms with van der Waals surface area (Å²) in [6.07, 6.45) is 3.03. The molecular formula is C25H24Cl2N2O3S. The SMILES string of the molecule is O=C(Nc1ccc2c3c(cccc13)CC2)C1CCN(S(=O)(=O)Cc2c(Cl)cccc2Cl)CC1. The van der Waals surface area contributed by atoms with Crippen LogP contribution in [0.15, 0.2) is 48.5 Å². The summed E-state index contributed by atoms with van der Waals surface area (Å²) in [5.74, 6) is -0.536. The number of benzene rings is 3. The minimum Gasteiger partial charge on any atom is -0.325 e. The Kier molecular flexibility index (Phi) is 6.12. The summed E-state index contributed by atoms with van der Waals surface area (Å²) in [5.41, 5.74) is 3.89. The second kappa shape index (κ2) is 8.91. The third-order valence-electron chi connectivity index (χ3n) is 6.74. The van der Waals surface area contributed by atoms with Crippen molar-refractivity contribution in [3.63, 3.8) is 0 Å². The summed E-state index contributed by atoms with van der Waals surface area (Å²) in [6, 6.07) is 15.3. The van der Waals surface area contributed by atoms with Crippen LogP contribution in [0.1, 0.15) is 29.5 Å². The molecule has 0 aromatic heterocycles. The van der Waals surface area contributed by atoms with Gasteiger partial charge in [0.05, 0.1) is 5.75 Å². The van der Waals surface area contributed by atoms with Crippen molar-refractivity contribution in [1.29, 1.82) is 0 Å². The van der Waals surface area contributed by atoms with Gasteiger partial charge in [0.15, 0.2) is 0 Å². The number of carbonyl (C=O) groups excluding carboxylic acids is 1. The summed E-state index contributed by atoms with van der Waals surface area (Å²) in [6.45, 7) is 0.596. The van der Waals surface area contributed by atoms with Crippen molar-refractivity contribution in [2.75, 3.05) is 18.4 Å². The Balaban J connectivity index is 1.25. The topological polar surface area (TPSA) is 66.5 Å². The first-order valence-electron chi connectivity index (χ1n) is 11.1. The molecule has 3 aromatic rings. The van der Waals surface area contributed by atoms with E-state index in [1.54, 1.807) is 18.2 Å². The van der Waals surface area contributed by atoms with Gasteiger partial charge in [-0.3, -0.25) is 4.79 Å². The minimum atomic E-state index is -3.59. The molecule has 1 saturated heterocycles. The molecule has 1 fully saturated rings. The Bertz CT molecular complexity index is 1320. The molecule has 5 rings (SSSR count). The molecule has 0 unspecified atom stereocenters. The molecule has 5 nitrogen and oxygen atoms in total. The number of carbonyl (C=O) groups is 1. The molecular weight excluding hydrogens is 479 g/mol. The van der Waals surface area contributed by atoms with Crippen LogP contribution in [-0.2, 0) is 33.4 Å². The highest BCUT2D eigenvalue weighted by molar-refractivity contribution is 7.88. The summed E-state index contributed by atoms with van der Waals surface area (Å²) < 4.78 is 27.3. The summed E-state index contributed by atoms with van der Waals surface area (Å²) in [5, 5.41) is 6.12. The van der Waals surface area contributed by atoms with Crippen molar-refractivity contribution < 1.29 is 13.2 Å². The Labute approximate surface area is 203 Å². The maximum atomic E-state index is 13.0. The van der Waals surface area contributed by atoms with Gasteiger partial charge >= 0.3 is 0 Å². The number of halogens is 2. The van der Waals surface area contributed by atoms with Gasteiger partial charge in [-0.05, 0) is 60.4 Å². The smallest absolute Gasteiger partial charge is 0.227 e. The molecule has 0 bridgehead atoms. The zero-order valence-corrected chi connectivity index (χ0v) is 20.3. The number of piperidine rings is 1. The van der Waals surface area contributed by atoms with Crippen LogP contribution in [0.2, 0.25) is 10.0 Å². The van der Waals surface area contributed by atoms with Crippen LogP contribution >= 0.6 is 23.2 Å². The number of aryl methyl sites for hydroxylation is 2. The number of anilines is 1. The number of nitrogens with one attached hydrogen (secondary N) is 1. The second-order valence-electron chi connectivity index (χ2n) is 8.73. The summed E-state index contributed by atoms with van der Waals surface area (Å²) in [4.78, 5) is 13.0. The third kappa shape index (κ3) is 4.37. The molecule has 0 saturated carbocycles. The first kappa shape index (κ1) is 22.7. The molecule has 1 aliphatic carbocycles. The van der Waals surface area contributed by atoms with Crippen molar-refractivity contribution in [3.8, 4) is 0 Å². The van der Waals surface area contributed by atoms with Gasteiger partial charge in [-0.25, -0.2) is 12.7 Å². The van der Waals surface area contributed by atoms with E-state index >= 15 is 0 Å². The molecule has 1 N–H and O–H groups in total. The van der Waals surface area contributed by atoms with Crippen molar-refractivity contribution in [1.82, 2.24) is 4.31 Å². The number of nitrogens with zero attached hydrogens (tertiary/aromatic N) is 1. The molecule has 1 aliphatic heterocycles. The Morgan fingerprint density at radius 2 is 1.58 bits per heavy atom. The van der Waals surface area contributed by atoms with Crippen molar-refractivity contribution in [3.05, 3.63) is 75.3 Å². The molecule has 0 atom stereocenters. The van der Waals surface area contributed by atoms with Crippen LogP contribution in [0, 0.1) is 5.92 Å². The Morgan fingerprint density at radius 1 is 0.939 bits per heavy atom. The number of amides is 1. The molecule has 2 aliphatic rings. The lowest BCUT2D eigenvalue weighted by Gasteiger charge is -2.31. The van der Waals surface area contributed by atoms with E-state index in [0.717, 1.165) is 23.9 Å². The van der Waals surface area contributed by atoms with E-state index in [0.29, 0.717) is 41.5 Å². The summed E-state index contributed by atoms with van der Waals surface area (Å²) in [7, 11) is -3.59. The predicted molar refractivity (Wildman–Crippen MR) is 133 cm³/mol. The molecule has 33 heavy (non-hydrogen) atoms. The normalized spacial score (nSPS) is 16.9. The summed E-state index contributed by atoms with van der Waals surface area (Å²) >= 11 is 12.3. The zero-order chi connectivity index (χ0) is 23.2. The maximum absolute atomic E-state index is 13.0. The van der Waals surface area contributed by atoms with Gasteiger partial charge < -0.3 is 5.32 Å². The quantitative estimate of drug-likeness (QED) is 0.505. The predicted octanol–water partition coefficient (Wildman–Crippen LogP) is 5.43.